The molecule has 0 aliphatic carbocycles. The molecule has 1 atom stereocenters. The summed E-state index contributed by atoms with van der Waals surface area (Å²) in [6.07, 6.45) is -0.472. The Bertz CT molecular complexity index is 261. The molecule has 0 spiro atoms. The van der Waals surface area contributed by atoms with Crippen LogP contribution in [0, 0.1) is 0 Å². The lowest BCUT2D eigenvalue weighted by molar-refractivity contribution is -0.143. The Labute approximate surface area is 102 Å². The smallest absolute Gasteiger partial charge is 0.407 e. The van der Waals surface area contributed by atoms with Crippen molar-refractivity contribution in [2.24, 2.45) is 5.73 Å². The van der Waals surface area contributed by atoms with E-state index in [9.17, 15) is 9.59 Å². The zero-order chi connectivity index (χ0) is 13.5. The maximum absolute atomic E-state index is 11.3. The van der Waals surface area contributed by atoms with Crippen LogP contribution < -0.4 is 11.1 Å². The van der Waals surface area contributed by atoms with E-state index in [1.54, 1.807) is 27.7 Å². The molecule has 17 heavy (non-hydrogen) atoms. The van der Waals surface area contributed by atoms with Crippen molar-refractivity contribution in [1.82, 2.24) is 5.32 Å². The third kappa shape index (κ3) is 9.62. The average molecular weight is 246 g/mol. The largest absolute Gasteiger partial charge is 0.466 e. The van der Waals surface area contributed by atoms with Gasteiger partial charge in [-0.1, -0.05) is 0 Å². The monoisotopic (exact) mass is 246 g/mol. The number of hydrogen-bond donors (Lipinski definition) is 2. The van der Waals surface area contributed by atoms with E-state index in [2.05, 4.69) is 5.32 Å². The average Bonchev–Trinajstić information content (AvgIpc) is 2.12. The first-order chi connectivity index (χ1) is 7.74. The highest BCUT2D eigenvalue weighted by atomic mass is 16.6. The number of ether oxygens (including phenoxy) is 2. The predicted octanol–water partition coefficient (Wildman–Crippen LogP) is 0.792. The highest BCUT2D eigenvalue weighted by molar-refractivity contribution is 5.70. The van der Waals surface area contributed by atoms with Gasteiger partial charge in [-0.2, -0.15) is 0 Å². The molecule has 0 rings (SSSR count). The number of nitrogens with one attached hydrogen (secondary N) is 1. The van der Waals surface area contributed by atoms with Crippen molar-refractivity contribution in [2.45, 2.75) is 45.8 Å². The second-order valence-electron chi connectivity index (χ2n) is 4.65. The van der Waals surface area contributed by atoms with Crippen LogP contribution in [0.4, 0.5) is 4.79 Å². The molecule has 0 saturated heterocycles. The first-order valence-electron chi connectivity index (χ1n) is 5.62. The van der Waals surface area contributed by atoms with E-state index < -0.39 is 17.7 Å². The van der Waals surface area contributed by atoms with Crippen LogP contribution in [0.3, 0.4) is 0 Å². The van der Waals surface area contributed by atoms with E-state index in [1.165, 1.54) is 0 Å². The molecule has 1 unspecified atom stereocenters. The first kappa shape index (κ1) is 15.7. The minimum atomic E-state index is -0.546. The molecule has 3 N–H and O–H groups in total. The van der Waals surface area contributed by atoms with Gasteiger partial charge in [-0.25, -0.2) is 4.79 Å². The molecule has 6 heteroatoms. The van der Waals surface area contributed by atoms with Gasteiger partial charge in [0.1, 0.15) is 5.60 Å². The molecule has 0 aliphatic heterocycles. The zero-order valence-electron chi connectivity index (χ0n) is 10.9. The molecule has 0 radical (unpaired) electrons. The predicted molar refractivity (Wildman–Crippen MR) is 63.5 cm³/mol. The summed E-state index contributed by atoms with van der Waals surface area (Å²) in [4.78, 5) is 22.4. The van der Waals surface area contributed by atoms with Crippen LogP contribution >= 0.6 is 0 Å². The third-order valence-corrected chi connectivity index (χ3v) is 1.64. The summed E-state index contributed by atoms with van der Waals surface area (Å²) in [6, 6.07) is -0.471. The molecule has 0 aromatic carbocycles. The van der Waals surface area contributed by atoms with Crippen LogP contribution in [0.2, 0.25) is 0 Å². The molecule has 0 aromatic heterocycles. The number of amides is 1. The van der Waals surface area contributed by atoms with Gasteiger partial charge < -0.3 is 20.5 Å². The van der Waals surface area contributed by atoms with Crippen molar-refractivity contribution >= 4 is 12.1 Å². The quantitative estimate of drug-likeness (QED) is 0.700. The highest BCUT2D eigenvalue weighted by Gasteiger charge is 2.17. The van der Waals surface area contributed by atoms with Crippen LogP contribution in [-0.2, 0) is 14.3 Å². The van der Waals surface area contributed by atoms with E-state index in [-0.39, 0.29) is 18.9 Å². The van der Waals surface area contributed by atoms with Gasteiger partial charge in [-0.05, 0) is 27.7 Å². The summed E-state index contributed by atoms with van der Waals surface area (Å²) < 4.78 is 9.76. The molecule has 0 aliphatic rings. The number of nitrogens with two attached hydrogens (primary N) is 1. The van der Waals surface area contributed by atoms with Crippen LogP contribution in [0.1, 0.15) is 34.1 Å². The van der Waals surface area contributed by atoms with E-state index in [4.69, 9.17) is 15.2 Å². The van der Waals surface area contributed by atoms with Gasteiger partial charge in [0.2, 0.25) is 0 Å². The first-order valence-corrected chi connectivity index (χ1v) is 5.62. The van der Waals surface area contributed by atoms with Crippen molar-refractivity contribution in [2.75, 3.05) is 13.2 Å². The molecule has 0 heterocycles. The number of hydrogen-bond acceptors (Lipinski definition) is 5. The Morgan fingerprint density at radius 2 is 1.94 bits per heavy atom. The van der Waals surface area contributed by atoms with Crippen molar-refractivity contribution in [3.63, 3.8) is 0 Å². The fraction of sp³-hybridized carbons (Fsp3) is 0.818. The standard InChI is InChI=1S/C11H22N2O4/c1-5-16-9(14)6-8(12)7-13-10(15)17-11(2,3)4/h8H,5-7,12H2,1-4H3,(H,13,15). The Hall–Kier alpha value is -1.30. The number of carbonyl (C=O) groups excluding carboxylic acids is 2. The molecular weight excluding hydrogens is 224 g/mol. The summed E-state index contributed by atoms with van der Waals surface area (Å²) in [5.74, 6) is -0.369. The zero-order valence-corrected chi connectivity index (χ0v) is 10.9. The maximum atomic E-state index is 11.3. The molecule has 1 amide bonds. The molecule has 0 fully saturated rings. The van der Waals surface area contributed by atoms with Crippen LogP contribution in [-0.4, -0.2) is 36.9 Å². The summed E-state index contributed by atoms with van der Waals surface area (Å²) >= 11 is 0. The van der Waals surface area contributed by atoms with E-state index >= 15 is 0 Å². The minimum absolute atomic E-state index is 0.0731. The topological polar surface area (TPSA) is 90.6 Å². The Balaban J connectivity index is 3.80. The number of rotatable bonds is 5. The van der Waals surface area contributed by atoms with Gasteiger partial charge in [0.25, 0.3) is 0 Å². The van der Waals surface area contributed by atoms with E-state index in [1.807, 2.05) is 0 Å². The number of alkyl carbamates (subject to hydrolysis) is 1. The highest BCUT2D eigenvalue weighted by Crippen LogP contribution is 2.06. The third-order valence-electron chi connectivity index (χ3n) is 1.64. The van der Waals surface area contributed by atoms with Crippen LogP contribution in [0.15, 0.2) is 0 Å². The summed E-state index contributed by atoms with van der Waals surface area (Å²) in [5, 5.41) is 2.49. The summed E-state index contributed by atoms with van der Waals surface area (Å²) in [6.45, 7) is 7.53. The van der Waals surface area contributed by atoms with E-state index in [0.717, 1.165) is 0 Å². The van der Waals surface area contributed by atoms with Gasteiger partial charge in [0, 0.05) is 12.6 Å². The van der Waals surface area contributed by atoms with E-state index in [0.29, 0.717) is 6.61 Å². The second-order valence-corrected chi connectivity index (χ2v) is 4.65. The molecule has 0 saturated carbocycles. The second kappa shape index (κ2) is 7.11. The normalized spacial score (nSPS) is 12.8. The lowest BCUT2D eigenvalue weighted by atomic mass is 10.2. The van der Waals surface area contributed by atoms with Gasteiger partial charge in [-0.15, -0.1) is 0 Å². The van der Waals surface area contributed by atoms with Gasteiger partial charge in [0.15, 0.2) is 0 Å². The minimum Gasteiger partial charge on any atom is -0.466 e. The van der Waals surface area contributed by atoms with Crippen molar-refractivity contribution in [3.05, 3.63) is 0 Å². The lowest BCUT2D eigenvalue weighted by Gasteiger charge is -2.20. The van der Waals surface area contributed by atoms with Crippen molar-refractivity contribution in [3.8, 4) is 0 Å². The molecule has 0 bridgehead atoms. The Kier molecular flexibility index (Phi) is 6.57. The SMILES string of the molecule is CCOC(=O)CC(N)CNC(=O)OC(C)(C)C. The lowest BCUT2D eigenvalue weighted by Crippen LogP contribution is -2.41. The van der Waals surface area contributed by atoms with Crippen molar-refractivity contribution in [1.29, 1.82) is 0 Å². The molecule has 100 valence electrons. The summed E-state index contributed by atoms with van der Waals surface area (Å²) in [5.41, 5.74) is 5.10. The van der Waals surface area contributed by atoms with Gasteiger partial charge in [-0.3, -0.25) is 4.79 Å². The fourth-order valence-corrected chi connectivity index (χ4v) is 1.03. The number of carbonyl (C=O) groups is 2. The maximum Gasteiger partial charge on any atom is 0.407 e. The summed E-state index contributed by atoms with van der Waals surface area (Å²) in [7, 11) is 0. The van der Waals surface area contributed by atoms with Crippen LogP contribution in [0.5, 0.6) is 0 Å². The number of esters is 1. The molecule has 0 aromatic rings. The van der Waals surface area contributed by atoms with Crippen LogP contribution in [0.25, 0.3) is 0 Å². The van der Waals surface area contributed by atoms with Crippen molar-refractivity contribution < 1.29 is 19.1 Å². The molecule has 6 nitrogen and oxygen atoms in total. The molecular formula is C11H22N2O4. The fourth-order valence-electron chi connectivity index (χ4n) is 1.03. The Morgan fingerprint density at radius 1 is 1.35 bits per heavy atom. The van der Waals surface area contributed by atoms with Gasteiger partial charge >= 0.3 is 12.1 Å². The Morgan fingerprint density at radius 3 is 2.41 bits per heavy atom. The van der Waals surface area contributed by atoms with Gasteiger partial charge in [0.05, 0.1) is 13.0 Å².